The van der Waals surface area contributed by atoms with E-state index in [9.17, 15) is 0 Å². The van der Waals surface area contributed by atoms with Crippen molar-refractivity contribution in [1.82, 2.24) is 9.97 Å². The minimum atomic E-state index is 0.504. The van der Waals surface area contributed by atoms with E-state index >= 15 is 0 Å². The van der Waals surface area contributed by atoms with Gasteiger partial charge in [-0.1, -0.05) is 0 Å². The number of anilines is 2. The summed E-state index contributed by atoms with van der Waals surface area (Å²) in [4.78, 5) is 11.0. The fourth-order valence-corrected chi connectivity index (χ4v) is 1.90. The maximum Gasteiger partial charge on any atom is 0.227 e. The van der Waals surface area contributed by atoms with E-state index < -0.39 is 0 Å². The van der Waals surface area contributed by atoms with Crippen LogP contribution in [0.2, 0.25) is 0 Å². The molecule has 96 valence electrons. The Morgan fingerprint density at radius 2 is 1.94 bits per heavy atom. The van der Waals surface area contributed by atoms with E-state index in [4.69, 9.17) is 10.5 Å². The predicted octanol–water partition coefficient (Wildman–Crippen LogP) is 2.07. The second kappa shape index (κ2) is 5.08. The molecular formula is C13H18N4O. The highest BCUT2D eigenvalue weighted by molar-refractivity contribution is 5.89. The molecule has 0 bridgehead atoms. The molecule has 0 atom stereocenters. The summed E-state index contributed by atoms with van der Waals surface area (Å²) in [6.45, 7) is 5.84. The van der Waals surface area contributed by atoms with Gasteiger partial charge in [-0.05, 0) is 26.0 Å². The number of fused-ring (bicyclic) bond motifs is 1. The normalized spacial score (nSPS) is 10.6. The van der Waals surface area contributed by atoms with Gasteiger partial charge in [-0.15, -0.1) is 0 Å². The van der Waals surface area contributed by atoms with Crippen LogP contribution >= 0.6 is 0 Å². The zero-order valence-corrected chi connectivity index (χ0v) is 11.0. The highest BCUT2D eigenvalue weighted by Gasteiger charge is 2.10. The molecule has 0 saturated carbocycles. The highest BCUT2D eigenvalue weighted by atomic mass is 16.5. The van der Waals surface area contributed by atoms with Gasteiger partial charge in [-0.25, -0.2) is 4.98 Å². The van der Waals surface area contributed by atoms with Crippen LogP contribution in [0.3, 0.4) is 0 Å². The van der Waals surface area contributed by atoms with Crippen LogP contribution in [0.15, 0.2) is 18.2 Å². The summed E-state index contributed by atoms with van der Waals surface area (Å²) in [6.07, 6.45) is 0. The van der Waals surface area contributed by atoms with Crippen molar-refractivity contribution in [3.8, 4) is 5.75 Å². The smallest absolute Gasteiger partial charge is 0.227 e. The van der Waals surface area contributed by atoms with Gasteiger partial charge >= 0.3 is 0 Å². The molecular weight excluding hydrogens is 228 g/mol. The molecule has 0 aliphatic heterocycles. The Hall–Kier alpha value is -2.04. The van der Waals surface area contributed by atoms with Crippen LogP contribution in [0.4, 0.5) is 11.8 Å². The maximum atomic E-state index is 5.98. The summed E-state index contributed by atoms with van der Waals surface area (Å²) in [6, 6.07) is 5.62. The van der Waals surface area contributed by atoms with Gasteiger partial charge in [-0.2, -0.15) is 4.98 Å². The summed E-state index contributed by atoms with van der Waals surface area (Å²) < 4.78 is 5.20. The van der Waals surface area contributed by atoms with Crippen LogP contribution in [0.5, 0.6) is 5.75 Å². The van der Waals surface area contributed by atoms with Crippen molar-refractivity contribution in [3.63, 3.8) is 0 Å². The molecule has 2 rings (SSSR count). The average Bonchev–Trinajstić information content (AvgIpc) is 2.39. The van der Waals surface area contributed by atoms with E-state index in [1.165, 1.54) is 0 Å². The molecule has 5 heteroatoms. The van der Waals surface area contributed by atoms with Crippen molar-refractivity contribution in [2.45, 2.75) is 13.8 Å². The summed E-state index contributed by atoms with van der Waals surface area (Å²) in [7, 11) is 1.64. The second-order valence-corrected chi connectivity index (χ2v) is 3.96. The Kier molecular flexibility index (Phi) is 3.50. The molecule has 0 radical (unpaired) electrons. The third-order valence-corrected chi connectivity index (χ3v) is 2.97. The predicted molar refractivity (Wildman–Crippen MR) is 74.1 cm³/mol. The van der Waals surface area contributed by atoms with Crippen LogP contribution in [-0.4, -0.2) is 30.2 Å². The Bertz CT molecular complexity index is 552. The molecule has 0 unspecified atom stereocenters. The Labute approximate surface area is 107 Å². The van der Waals surface area contributed by atoms with Crippen LogP contribution in [0.25, 0.3) is 10.9 Å². The van der Waals surface area contributed by atoms with Crippen molar-refractivity contribution in [2.24, 2.45) is 0 Å². The first-order valence-corrected chi connectivity index (χ1v) is 6.05. The number of nitrogens with zero attached hydrogens (tertiary/aromatic N) is 3. The lowest BCUT2D eigenvalue weighted by atomic mass is 10.2. The number of aromatic nitrogens is 2. The molecule has 0 spiro atoms. The molecule has 0 amide bonds. The molecule has 2 aromatic rings. The molecule has 2 N–H and O–H groups in total. The monoisotopic (exact) mass is 246 g/mol. The van der Waals surface area contributed by atoms with E-state index in [1.54, 1.807) is 7.11 Å². The quantitative estimate of drug-likeness (QED) is 0.894. The lowest BCUT2D eigenvalue weighted by molar-refractivity contribution is 0.415. The highest BCUT2D eigenvalue weighted by Crippen LogP contribution is 2.25. The minimum Gasteiger partial charge on any atom is -0.497 e. The molecule has 5 nitrogen and oxygen atoms in total. The van der Waals surface area contributed by atoms with Crippen LogP contribution < -0.4 is 15.4 Å². The number of nitrogens with two attached hydrogens (primary N) is 1. The first-order valence-electron chi connectivity index (χ1n) is 6.05. The fraction of sp³-hybridized carbons (Fsp3) is 0.385. The largest absolute Gasteiger partial charge is 0.497 e. The molecule has 0 saturated heterocycles. The number of ether oxygens (including phenoxy) is 1. The van der Waals surface area contributed by atoms with Crippen molar-refractivity contribution in [1.29, 1.82) is 0 Å². The van der Waals surface area contributed by atoms with E-state index in [0.717, 1.165) is 29.7 Å². The topological polar surface area (TPSA) is 64.3 Å². The van der Waals surface area contributed by atoms with E-state index in [0.29, 0.717) is 11.8 Å². The van der Waals surface area contributed by atoms with Crippen LogP contribution in [0.1, 0.15) is 13.8 Å². The van der Waals surface area contributed by atoms with Gasteiger partial charge in [0.05, 0.1) is 12.6 Å². The van der Waals surface area contributed by atoms with Gasteiger partial charge in [0.2, 0.25) is 5.95 Å². The molecule has 1 heterocycles. The number of nitrogen functional groups attached to an aromatic ring is 1. The summed E-state index contributed by atoms with van der Waals surface area (Å²) in [5.74, 6) is 1.94. The second-order valence-electron chi connectivity index (χ2n) is 3.96. The first kappa shape index (κ1) is 12.4. The third kappa shape index (κ3) is 2.16. The van der Waals surface area contributed by atoms with E-state index in [2.05, 4.69) is 28.7 Å². The van der Waals surface area contributed by atoms with Gasteiger partial charge in [0.15, 0.2) is 0 Å². The molecule has 1 aromatic carbocycles. The standard InChI is InChI=1S/C13H18N4O/c1-4-17(5-2)13-15-11-8-9(18-3)6-7-10(11)12(14)16-13/h6-8H,4-5H2,1-3H3,(H2,14,15,16). The zero-order chi connectivity index (χ0) is 13.1. The maximum absolute atomic E-state index is 5.98. The number of rotatable bonds is 4. The fourth-order valence-electron chi connectivity index (χ4n) is 1.90. The molecule has 0 aliphatic rings. The van der Waals surface area contributed by atoms with Gasteiger partial charge < -0.3 is 15.4 Å². The third-order valence-electron chi connectivity index (χ3n) is 2.97. The van der Waals surface area contributed by atoms with Crippen LogP contribution in [-0.2, 0) is 0 Å². The van der Waals surface area contributed by atoms with Crippen molar-refractivity contribution < 1.29 is 4.74 Å². The number of benzene rings is 1. The molecule has 0 fully saturated rings. The zero-order valence-electron chi connectivity index (χ0n) is 11.0. The van der Waals surface area contributed by atoms with E-state index in [-0.39, 0.29) is 0 Å². The summed E-state index contributed by atoms with van der Waals surface area (Å²) in [5, 5.41) is 0.853. The molecule has 0 aliphatic carbocycles. The molecule has 18 heavy (non-hydrogen) atoms. The lowest BCUT2D eigenvalue weighted by Crippen LogP contribution is -2.24. The van der Waals surface area contributed by atoms with Crippen molar-refractivity contribution >= 4 is 22.7 Å². The first-order chi connectivity index (χ1) is 8.69. The number of hydrogen-bond acceptors (Lipinski definition) is 5. The SMILES string of the molecule is CCN(CC)c1nc(N)c2ccc(OC)cc2n1. The lowest BCUT2D eigenvalue weighted by Gasteiger charge is -2.19. The van der Waals surface area contributed by atoms with Crippen LogP contribution in [0, 0.1) is 0 Å². The Morgan fingerprint density at radius 3 is 2.56 bits per heavy atom. The number of hydrogen-bond donors (Lipinski definition) is 1. The summed E-state index contributed by atoms with van der Waals surface area (Å²) >= 11 is 0. The van der Waals surface area contributed by atoms with Gasteiger partial charge in [-0.3, -0.25) is 0 Å². The summed E-state index contributed by atoms with van der Waals surface area (Å²) in [5.41, 5.74) is 6.79. The van der Waals surface area contributed by atoms with Gasteiger partial charge in [0.1, 0.15) is 11.6 Å². The minimum absolute atomic E-state index is 0.504. The van der Waals surface area contributed by atoms with Crippen molar-refractivity contribution in [3.05, 3.63) is 18.2 Å². The Balaban J connectivity index is 2.58. The van der Waals surface area contributed by atoms with Gasteiger partial charge in [0, 0.05) is 24.5 Å². The Morgan fingerprint density at radius 1 is 1.22 bits per heavy atom. The van der Waals surface area contributed by atoms with Gasteiger partial charge in [0.25, 0.3) is 0 Å². The average molecular weight is 246 g/mol. The van der Waals surface area contributed by atoms with Crippen molar-refractivity contribution in [2.75, 3.05) is 30.8 Å². The molecule has 1 aromatic heterocycles. The van der Waals surface area contributed by atoms with E-state index in [1.807, 2.05) is 18.2 Å². The number of methoxy groups -OCH3 is 1.